The lowest BCUT2D eigenvalue weighted by atomic mass is 10.1. The molecule has 2 aliphatic heterocycles. The number of carboxylic acid groups (broad SMARTS) is 1. The molecule has 3 N–H and O–H groups in total. The lowest BCUT2D eigenvalue weighted by molar-refractivity contribution is 0.0488. The van der Waals surface area contributed by atoms with Crippen LogP contribution in [0.2, 0.25) is 10.0 Å². The second-order valence-electron chi connectivity index (χ2n) is 20.6. The highest BCUT2D eigenvalue weighted by Crippen LogP contribution is 2.35. The summed E-state index contributed by atoms with van der Waals surface area (Å²) >= 11 is 12.9. The average Bonchev–Trinajstić information content (AvgIpc) is 3.86. The zero-order chi connectivity index (χ0) is 53.4. The number of alkyl carbamates (subject to hydrolysis) is 2. The van der Waals surface area contributed by atoms with Crippen LogP contribution in [0.25, 0.3) is 22.1 Å². The Hall–Kier alpha value is -6.93. The summed E-state index contributed by atoms with van der Waals surface area (Å²) in [6.07, 6.45) is 1.99. The van der Waals surface area contributed by atoms with Crippen molar-refractivity contribution in [3.05, 3.63) is 123 Å². The van der Waals surface area contributed by atoms with Crippen LogP contribution in [0.5, 0.6) is 0 Å². The predicted octanol–water partition coefficient (Wildman–Crippen LogP) is 6.17. The SMILES string of the molecule is Cn1c(=O)c2c(c(C(=O)O)c(N3CCC[C@@H](NC(=O)OC(C)(C)C)C3)n2Cc2ccccc2Cl)n(C)c1=O.Cn1c(=O)c2c(cc(N3CCC[C@@H](NC(=O)OC(C)(C)C)C3)n2Cc2ccccc2Cl)n(C)c1=O. The first-order chi connectivity index (χ1) is 34.3. The monoisotopic (exact) mass is 1050 g/mol. The third-order valence-corrected chi connectivity index (χ3v) is 13.6. The highest BCUT2D eigenvalue weighted by atomic mass is 35.5. The normalized spacial score (nSPS) is 16.3. The van der Waals surface area contributed by atoms with Crippen LogP contribution in [-0.4, -0.2) is 100 Å². The van der Waals surface area contributed by atoms with Gasteiger partial charge in [0, 0.05) is 82.6 Å². The molecule has 6 aromatic rings. The number of carbonyl (C=O) groups excluding carboxylic acids is 2. The number of nitrogens with zero attached hydrogens (tertiary/aromatic N) is 8. The van der Waals surface area contributed by atoms with E-state index >= 15 is 0 Å². The number of hydrogen-bond acceptors (Lipinski definition) is 11. The molecule has 0 aliphatic carbocycles. The number of rotatable bonds is 9. The van der Waals surface area contributed by atoms with Gasteiger partial charge in [0.1, 0.15) is 39.4 Å². The van der Waals surface area contributed by atoms with Gasteiger partial charge in [0.2, 0.25) is 0 Å². The lowest BCUT2D eigenvalue weighted by Crippen LogP contribution is -2.49. The van der Waals surface area contributed by atoms with E-state index in [1.807, 2.05) is 60.6 Å². The van der Waals surface area contributed by atoms with Gasteiger partial charge in [-0.2, -0.15) is 0 Å². The minimum Gasteiger partial charge on any atom is -0.477 e. The Kier molecular flexibility index (Phi) is 15.7. The first kappa shape index (κ1) is 53.9. The number of halogens is 2. The summed E-state index contributed by atoms with van der Waals surface area (Å²) < 4.78 is 19.1. The fraction of sp³-hybridized carbons (Fsp3) is 0.471. The van der Waals surface area contributed by atoms with Crippen molar-refractivity contribution >= 4 is 75.1 Å². The van der Waals surface area contributed by atoms with Gasteiger partial charge < -0.3 is 44.1 Å². The minimum atomic E-state index is -1.27. The summed E-state index contributed by atoms with van der Waals surface area (Å²) in [5.74, 6) is -0.191. The molecule has 0 spiro atoms. The maximum absolute atomic E-state index is 13.4. The largest absolute Gasteiger partial charge is 0.477 e. The van der Waals surface area contributed by atoms with Crippen LogP contribution >= 0.6 is 23.2 Å². The maximum atomic E-state index is 13.4. The number of benzene rings is 2. The molecule has 2 aromatic carbocycles. The molecule has 2 saturated heterocycles. The smallest absolute Gasteiger partial charge is 0.407 e. The van der Waals surface area contributed by atoms with E-state index in [9.17, 15) is 38.7 Å². The van der Waals surface area contributed by atoms with Gasteiger partial charge in [0.25, 0.3) is 11.1 Å². The van der Waals surface area contributed by atoms with E-state index in [4.69, 9.17) is 32.7 Å². The van der Waals surface area contributed by atoms with Gasteiger partial charge in [-0.05, 0) is 90.5 Å². The topological polar surface area (TPSA) is 218 Å². The van der Waals surface area contributed by atoms with Gasteiger partial charge in [0.05, 0.1) is 24.1 Å². The van der Waals surface area contributed by atoms with Crippen LogP contribution in [0, 0.1) is 0 Å². The predicted molar refractivity (Wildman–Crippen MR) is 282 cm³/mol. The molecule has 6 heterocycles. The van der Waals surface area contributed by atoms with Crippen molar-refractivity contribution in [2.45, 2.75) is 104 Å². The Morgan fingerprint density at radius 3 is 1.58 bits per heavy atom. The molecule has 0 bridgehead atoms. The van der Waals surface area contributed by atoms with Crippen molar-refractivity contribution in [3.63, 3.8) is 0 Å². The zero-order valence-corrected chi connectivity index (χ0v) is 44.4. The Balaban J connectivity index is 0.000000214. The number of fused-ring (bicyclic) bond motifs is 2. The number of aromatic carboxylic acids is 1. The number of hydrogen-bond donors (Lipinski definition) is 3. The molecule has 2 aliphatic rings. The summed E-state index contributed by atoms with van der Waals surface area (Å²) in [7, 11) is 5.96. The summed E-state index contributed by atoms with van der Waals surface area (Å²) in [5.41, 5.74) is -0.709. The van der Waals surface area contributed by atoms with Crippen molar-refractivity contribution in [2.75, 3.05) is 36.0 Å². The maximum Gasteiger partial charge on any atom is 0.407 e. The fourth-order valence-electron chi connectivity index (χ4n) is 9.51. The lowest BCUT2D eigenvalue weighted by Gasteiger charge is -2.36. The Morgan fingerprint density at radius 1 is 0.630 bits per heavy atom. The van der Waals surface area contributed by atoms with Gasteiger partial charge in [-0.3, -0.25) is 27.9 Å². The molecule has 2 amide bonds. The Bertz CT molecular complexity index is 3350. The average molecular weight is 1050 g/mol. The van der Waals surface area contributed by atoms with Crippen molar-refractivity contribution in [2.24, 2.45) is 28.2 Å². The van der Waals surface area contributed by atoms with Crippen LogP contribution < -0.4 is 42.9 Å². The first-order valence-corrected chi connectivity index (χ1v) is 24.8. The number of anilines is 2. The number of nitrogens with one attached hydrogen (secondary N) is 2. The van der Waals surface area contributed by atoms with Crippen molar-refractivity contribution < 1.29 is 29.0 Å². The Labute approximate surface area is 431 Å². The molecule has 0 saturated carbocycles. The van der Waals surface area contributed by atoms with Crippen molar-refractivity contribution in [1.29, 1.82) is 0 Å². The Morgan fingerprint density at radius 2 is 1.08 bits per heavy atom. The molecule has 4 aromatic heterocycles. The molecule has 73 heavy (non-hydrogen) atoms. The summed E-state index contributed by atoms with van der Waals surface area (Å²) in [5, 5.41) is 17.3. The van der Waals surface area contributed by atoms with Crippen LogP contribution in [0.15, 0.2) is 73.8 Å². The van der Waals surface area contributed by atoms with Gasteiger partial charge in [-0.25, -0.2) is 24.0 Å². The number of amides is 2. The molecule has 2 atom stereocenters. The molecule has 0 radical (unpaired) electrons. The summed E-state index contributed by atoms with van der Waals surface area (Å²) in [6.45, 7) is 13.4. The van der Waals surface area contributed by atoms with Crippen molar-refractivity contribution in [3.8, 4) is 0 Å². The molecular weight excluding hydrogens is 984 g/mol. The van der Waals surface area contributed by atoms with Crippen LogP contribution in [0.1, 0.15) is 88.7 Å². The molecule has 22 heteroatoms. The minimum absolute atomic E-state index is 0.0369. The van der Waals surface area contributed by atoms with E-state index in [1.165, 1.54) is 30.3 Å². The van der Waals surface area contributed by atoms with Crippen molar-refractivity contribution in [1.82, 2.24) is 38.0 Å². The van der Waals surface area contributed by atoms with Gasteiger partial charge >= 0.3 is 29.5 Å². The second-order valence-corrected chi connectivity index (χ2v) is 21.4. The van der Waals surface area contributed by atoms with E-state index < -0.39 is 40.6 Å². The van der Waals surface area contributed by atoms with E-state index in [0.29, 0.717) is 59.1 Å². The summed E-state index contributed by atoms with van der Waals surface area (Å²) in [6, 6.07) is 16.1. The van der Waals surface area contributed by atoms with Gasteiger partial charge in [-0.1, -0.05) is 59.6 Å². The van der Waals surface area contributed by atoms with E-state index in [1.54, 1.807) is 56.7 Å². The molecule has 20 nitrogen and oxygen atoms in total. The van der Waals surface area contributed by atoms with E-state index in [-0.39, 0.29) is 58.8 Å². The number of carboxylic acids is 1. The van der Waals surface area contributed by atoms with E-state index in [2.05, 4.69) is 15.5 Å². The summed E-state index contributed by atoms with van der Waals surface area (Å²) in [4.78, 5) is 93.6. The highest BCUT2D eigenvalue weighted by Gasteiger charge is 2.35. The molecule has 2 fully saturated rings. The molecular formula is C51H64Cl2N10O10. The van der Waals surface area contributed by atoms with Crippen LogP contribution in [-0.2, 0) is 50.8 Å². The van der Waals surface area contributed by atoms with Crippen LogP contribution in [0.4, 0.5) is 21.2 Å². The fourth-order valence-corrected chi connectivity index (χ4v) is 9.90. The number of carbonyl (C=O) groups is 3. The number of piperidine rings is 2. The third kappa shape index (κ3) is 11.6. The van der Waals surface area contributed by atoms with Gasteiger partial charge in [-0.15, -0.1) is 0 Å². The second kappa shape index (κ2) is 21.3. The van der Waals surface area contributed by atoms with E-state index in [0.717, 1.165) is 39.9 Å². The number of aryl methyl sites for hydroxylation is 2. The zero-order valence-electron chi connectivity index (χ0n) is 42.9. The molecule has 392 valence electrons. The molecule has 0 unspecified atom stereocenters. The van der Waals surface area contributed by atoms with Gasteiger partial charge in [0.15, 0.2) is 0 Å². The quantitative estimate of drug-likeness (QED) is 0.148. The van der Waals surface area contributed by atoms with Crippen LogP contribution in [0.3, 0.4) is 0 Å². The number of aromatic nitrogens is 6. The standard InChI is InChI=1S/C26H32ClN5O6.C25H32ClN5O4/c1-26(2,3)38-24(36)28-16-10-8-12-31(14-16)21-18(23(34)35)19-20(22(33)30(5)25(37)29(19)4)32(21)13-15-9-6-7-11-17(15)27;1-25(2,3)35-23(33)27-17-10-8-12-30(15-17)20-13-19-21(22(32)29(5)24(34)28(19)4)31(20)14-16-9-6-7-11-18(16)26/h6-7,9,11,16H,8,10,12-14H2,1-5H3,(H,28,36)(H,34,35);6-7,9,11,13,17H,8,10,12,14-15H2,1-5H3,(H,27,33)/t16-;17-/m11/s1. The first-order valence-electron chi connectivity index (χ1n) is 24.1. The molecule has 8 rings (SSSR count). The third-order valence-electron chi connectivity index (χ3n) is 12.8. The highest BCUT2D eigenvalue weighted by molar-refractivity contribution is 6.31. The number of ether oxygens (including phenoxy) is 2.